The zero-order valence-electron chi connectivity index (χ0n) is 11.4. The van der Waals surface area contributed by atoms with E-state index in [-0.39, 0.29) is 22.5 Å². The minimum Gasteiger partial charge on any atom is -0.450 e. The highest BCUT2D eigenvalue weighted by molar-refractivity contribution is 14.1. The summed E-state index contributed by atoms with van der Waals surface area (Å²) in [5.74, 6) is -0.331. The zero-order chi connectivity index (χ0) is 15.7. The van der Waals surface area contributed by atoms with Crippen LogP contribution in [0.3, 0.4) is 0 Å². The van der Waals surface area contributed by atoms with E-state index in [1.54, 1.807) is 6.07 Å². The van der Waals surface area contributed by atoms with E-state index < -0.39 is 0 Å². The molecule has 0 bridgehead atoms. The number of amides is 2. The molecule has 0 unspecified atom stereocenters. The quantitative estimate of drug-likeness (QED) is 0.287. The molecule has 0 spiro atoms. The number of hydrogen-bond donors (Lipinski definition) is 0. The average molecular weight is 483 g/mol. The minimum absolute atomic E-state index is 0.0601. The van der Waals surface area contributed by atoms with Gasteiger partial charge in [0.05, 0.1) is 4.47 Å². The molecular weight excluding hydrogens is 471 g/mol. The Hall–Kier alpha value is -0.740. The fourth-order valence-corrected chi connectivity index (χ4v) is 3.10. The number of nitrogens with zero attached hydrogens (tertiary/aromatic N) is 2. The van der Waals surface area contributed by atoms with Gasteiger partial charge in [-0.2, -0.15) is 0 Å². The van der Waals surface area contributed by atoms with Crippen molar-refractivity contribution in [1.29, 1.82) is 0 Å². The number of carbonyl (C=O) groups is 2. The summed E-state index contributed by atoms with van der Waals surface area (Å²) >= 11 is 10.5. The van der Waals surface area contributed by atoms with Gasteiger partial charge in [-0.15, -0.1) is 0 Å². The van der Waals surface area contributed by atoms with Crippen LogP contribution in [-0.2, 0) is 9.59 Å². The molecule has 0 radical (unpaired) electrons. The van der Waals surface area contributed by atoms with E-state index in [2.05, 4.69) is 15.9 Å². The van der Waals surface area contributed by atoms with Crippen LogP contribution in [0.2, 0.25) is 0 Å². The highest BCUT2D eigenvalue weighted by Gasteiger charge is 2.38. The lowest BCUT2D eigenvalue weighted by atomic mass is 10.1. The van der Waals surface area contributed by atoms with E-state index >= 15 is 0 Å². The van der Waals surface area contributed by atoms with Crippen LogP contribution in [0.25, 0.3) is 6.08 Å². The average Bonchev–Trinajstić information content (AvgIpc) is 2.75. The number of halogens is 2. The lowest BCUT2D eigenvalue weighted by Gasteiger charge is -2.35. The van der Waals surface area contributed by atoms with Crippen LogP contribution in [0.15, 0.2) is 20.5 Å². The summed E-state index contributed by atoms with van der Waals surface area (Å²) in [4.78, 5) is 27.6. The number of furan rings is 1. The van der Waals surface area contributed by atoms with Gasteiger partial charge in [0.2, 0.25) is 0 Å². The van der Waals surface area contributed by atoms with Gasteiger partial charge in [-0.3, -0.25) is 19.4 Å². The number of carbonyl (C=O) groups excluding carboxylic acids is 2. The predicted octanol–water partition coefficient (Wildman–Crippen LogP) is 3.03. The molecule has 1 aliphatic rings. The highest BCUT2D eigenvalue weighted by atomic mass is 127. The van der Waals surface area contributed by atoms with Gasteiger partial charge in [0, 0.05) is 35.7 Å². The third kappa shape index (κ3) is 3.07. The molecule has 8 heteroatoms. The predicted molar refractivity (Wildman–Crippen MR) is 94.5 cm³/mol. The van der Waals surface area contributed by atoms with Crippen molar-refractivity contribution in [3.63, 3.8) is 0 Å². The second-order valence-corrected chi connectivity index (χ2v) is 6.41. The Morgan fingerprint density at radius 3 is 2.19 bits per heavy atom. The van der Waals surface area contributed by atoms with E-state index in [9.17, 15) is 9.59 Å². The molecule has 0 atom stereocenters. The normalized spacial score (nSPS) is 16.0. The van der Waals surface area contributed by atoms with Crippen LogP contribution >= 0.6 is 50.7 Å². The molecule has 0 aliphatic carbocycles. The Balaban J connectivity index is 2.47. The molecule has 2 heterocycles. The van der Waals surface area contributed by atoms with Gasteiger partial charge in [-0.25, -0.2) is 0 Å². The van der Waals surface area contributed by atoms with Crippen LogP contribution < -0.4 is 0 Å². The maximum atomic E-state index is 12.4. The smallest absolute Gasteiger partial charge is 0.265 e. The van der Waals surface area contributed by atoms with Crippen molar-refractivity contribution in [2.45, 2.75) is 13.8 Å². The van der Waals surface area contributed by atoms with Crippen LogP contribution in [-0.4, -0.2) is 39.8 Å². The van der Waals surface area contributed by atoms with Crippen molar-refractivity contribution < 1.29 is 14.0 Å². The lowest BCUT2D eigenvalue weighted by Crippen LogP contribution is -2.55. The van der Waals surface area contributed by atoms with E-state index in [1.165, 1.54) is 15.9 Å². The molecule has 1 aromatic rings. The number of rotatable bonds is 3. The third-order valence-corrected chi connectivity index (χ3v) is 5.57. The molecule has 112 valence electrons. The van der Waals surface area contributed by atoms with Crippen molar-refractivity contribution in [2.24, 2.45) is 0 Å². The summed E-state index contributed by atoms with van der Waals surface area (Å²) in [7, 11) is 0. The van der Waals surface area contributed by atoms with Crippen LogP contribution in [0, 0.1) is 3.77 Å². The molecule has 21 heavy (non-hydrogen) atoms. The molecule has 1 aromatic heterocycles. The second-order valence-electron chi connectivity index (χ2n) is 4.21. The van der Waals surface area contributed by atoms with Gasteiger partial charge in [0.15, 0.2) is 8.88 Å². The fourth-order valence-electron chi connectivity index (χ4n) is 1.96. The molecule has 0 N–H and O–H groups in total. The zero-order valence-corrected chi connectivity index (χ0v) is 15.9. The summed E-state index contributed by atoms with van der Waals surface area (Å²) < 4.78 is 6.90. The van der Waals surface area contributed by atoms with Gasteiger partial charge >= 0.3 is 0 Å². The summed E-state index contributed by atoms with van der Waals surface area (Å²) in [5, 5.41) is 0.252. The van der Waals surface area contributed by atoms with Crippen LogP contribution in [0.5, 0.6) is 0 Å². The Morgan fingerprint density at radius 1 is 1.29 bits per heavy atom. The standard InChI is InChI=1S/C13H12BrIN2O3S/c1-3-16-11(18)8(12(19)17(4-2)13(16)21)5-7-6-9(14)10(15)20-7/h5-6H,3-4H2,1-2H3. The molecule has 1 saturated heterocycles. The molecule has 5 nitrogen and oxygen atoms in total. The Bertz CT molecular complexity index is 608. The van der Waals surface area contributed by atoms with Crippen molar-refractivity contribution in [3.8, 4) is 0 Å². The fraction of sp³-hybridized carbons (Fsp3) is 0.308. The lowest BCUT2D eigenvalue weighted by molar-refractivity contribution is -0.133. The van der Waals surface area contributed by atoms with Gasteiger partial charge in [0.25, 0.3) is 11.8 Å². The van der Waals surface area contributed by atoms with E-state index in [4.69, 9.17) is 16.6 Å². The van der Waals surface area contributed by atoms with Gasteiger partial charge in [-0.05, 0) is 54.1 Å². The summed E-state index contributed by atoms with van der Waals surface area (Å²) in [6, 6.07) is 1.72. The monoisotopic (exact) mass is 482 g/mol. The Kier molecular flexibility index (Phi) is 5.20. The van der Waals surface area contributed by atoms with Crippen LogP contribution in [0.4, 0.5) is 0 Å². The van der Waals surface area contributed by atoms with Gasteiger partial charge in [0.1, 0.15) is 11.3 Å². The van der Waals surface area contributed by atoms with Gasteiger partial charge in [-0.1, -0.05) is 0 Å². The van der Waals surface area contributed by atoms with Crippen molar-refractivity contribution in [2.75, 3.05) is 13.1 Å². The first kappa shape index (κ1) is 16.6. The molecule has 1 fully saturated rings. The Morgan fingerprint density at radius 2 is 1.81 bits per heavy atom. The molecule has 1 aliphatic heterocycles. The number of thiocarbonyl (C=S) groups is 1. The molecular formula is C13H12BrIN2O3S. The first-order chi connectivity index (χ1) is 9.90. The second kappa shape index (κ2) is 6.57. The first-order valence-corrected chi connectivity index (χ1v) is 8.52. The maximum Gasteiger partial charge on any atom is 0.265 e. The molecule has 2 amide bonds. The van der Waals surface area contributed by atoms with E-state index in [1.807, 2.05) is 36.4 Å². The van der Waals surface area contributed by atoms with Crippen molar-refractivity contribution in [1.82, 2.24) is 9.80 Å². The molecule has 0 saturated carbocycles. The Labute approximate surface area is 149 Å². The topological polar surface area (TPSA) is 53.8 Å². The number of hydrogen-bond acceptors (Lipinski definition) is 4. The molecule has 0 aromatic carbocycles. The van der Waals surface area contributed by atoms with E-state index in [0.717, 1.165) is 4.47 Å². The summed E-state index contributed by atoms with van der Waals surface area (Å²) in [6.45, 7) is 4.46. The first-order valence-electron chi connectivity index (χ1n) is 6.24. The minimum atomic E-state index is -0.389. The van der Waals surface area contributed by atoms with Crippen molar-refractivity contribution >= 4 is 73.7 Å². The SMILES string of the molecule is CCN1C(=O)C(=Cc2cc(Br)c(I)o2)C(=O)N(CC)C1=S. The maximum absolute atomic E-state index is 12.4. The summed E-state index contributed by atoms with van der Waals surface area (Å²) in [6.07, 6.45) is 1.46. The van der Waals surface area contributed by atoms with Crippen molar-refractivity contribution in [3.05, 3.63) is 25.6 Å². The van der Waals surface area contributed by atoms with Crippen LogP contribution in [0.1, 0.15) is 19.6 Å². The van der Waals surface area contributed by atoms with E-state index in [0.29, 0.717) is 22.6 Å². The number of likely N-dealkylation sites (N-methyl/N-ethyl adjacent to an activating group) is 2. The highest BCUT2D eigenvalue weighted by Crippen LogP contribution is 2.26. The van der Waals surface area contributed by atoms with Gasteiger partial charge < -0.3 is 4.42 Å². The third-order valence-electron chi connectivity index (χ3n) is 3.00. The largest absolute Gasteiger partial charge is 0.450 e. The molecule has 2 rings (SSSR count). The summed E-state index contributed by atoms with van der Waals surface area (Å²) in [5.41, 5.74) is 0.0601.